The van der Waals surface area contributed by atoms with Gasteiger partial charge < -0.3 is 5.73 Å². The predicted octanol–water partition coefficient (Wildman–Crippen LogP) is 2.56. The fourth-order valence-electron chi connectivity index (χ4n) is 1.42. The molecule has 1 rings (SSSR count). The molecule has 0 aliphatic rings. The van der Waals surface area contributed by atoms with E-state index in [4.69, 9.17) is 5.73 Å². The van der Waals surface area contributed by atoms with Crippen molar-refractivity contribution in [3.8, 4) is 0 Å². The van der Waals surface area contributed by atoms with Gasteiger partial charge in [-0.1, -0.05) is 32.9 Å². The van der Waals surface area contributed by atoms with Gasteiger partial charge in [-0.05, 0) is 23.1 Å². The molecule has 0 spiro atoms. The van der Waals surface area contributed by atoms with Gasteiger partial charge in [0, 0.05) is 12.3 Å². The Bertz CT molecular complexity index is 460. The molecule has 1 atom stereocenters. The summed E-state index contributed by atoms with van der Waals surface area (Å²) >= 11 is 0. The first-order valence-corrected chi connectivity index (χ1v) is 7.07. The molecule has 0 heterocycles. The highest BCUT2D eigenvalue weighted by molar-refractivity contribution is 7.90. The highest BCUT2D eigenvalue weighted by atomic mass is 35.5. The third-order valence-corrected chi connectivity index (χ3v) is 3.73. The summed E-state index contributed by atoms with van der Waals surface area (Å²) in [7, 11) is -3.12. The molecule has 17 heavy (non-hydrogen) atoms. The van der Waals surface area contributed by atoms with Crippen molar-refractivity contribution < 1.29 is 8.42 Å². The van der Waals surface area contributed by atoms with Gasteiger partial charge in [-0.3, -0.25) is 0 Å². The normalized spacial score (nSPS) is 13.9. The Morgan fingerprint density at radius 3 is 1.82 bits per heavy atom. The second-order valence-electron chi connectivity index (χ2n) is 5.18. The minimum atomic E-state index is -3.12. The number of hydrogen-bond donors (Lipinski definition) is 1. The standard InChI is InChI=1S/C12H19NO2S.ClH/c1-12(2,3)11(13)9-5-7-10(8-6-9)16(4,14)15;/h5-8,11H,13H2,1-4H3;1H/t11-;/m0./s1. The molecule has 0 amide bonds. The number of nitrogens with two attached hydrogens (primary N) is 1. The minimum Gasteiger partial charge on any atom is -0.324 e. The van der Waals surface area contributed by atoms with Gasteiger partial charge in [0.05, 0.1) is 4.90 Å². The first kappa shape index (κ1) is 16.4. The molecule has 0 saturated carbocycles. The van der Waals surface area contributed by atoms with E-state index >= 15 is 0 Å². The van der Waals surface area contributed by atoms with Crippen molar-refractivity contribution in [3.05, 3.63) is 29.8 Å². The van der Waals surface area contributed by atoms with Crippen LogP contribution in [-0.4, -0.2) is 14.7 Å². The largest absolute Gasteiger partial charge is 0.324 e. The maximum absolute atomic E-state index is 11.3. The highest BCUT2D eigenvalue weighted by Crippen LogP contribution is 2.30. The van der Waals surface area contributed by atoms with Crippen molar-refractivity contribution in [2.24, 2.45) is 11.1 Å². The summed E-state index contributed by atoms with van der Waals surface area (Å²) in [4.78, 5) is 0.331. The van der Waals surface area contributed by atoms with Crippen molar-refractivity contribution in [2.45, 2.75) is 31.7 Å². The lowest BCUT2D eigenvalue weighted by Crippen LogP contribution is -2.26. The Kier molecular flexibility index (Phi) is 5.19. The van der Waals surface area contributed by atoms with Crippen LogP contribution in [0.5, 0.6) is 0 Å². The summed E-state index contributed by atoms with van der Waals surface area (Å²) in [5.41, 5.74) is 7.00. The van der Waals surface area contributed by atoms with Gasteiger partial charge in [0.2, 0.25) is 0 Å². The monoisotopic (exact) mass is 277 g/mol. The van der Waals surface area contributed by atoms with Gasteiger partial charge in [0.15, 0.2) is 9.84 Å². The van der Waals surface area contributed by atoms with Crippen LogP contribution in [0, 0.1) is 5.41 Å². The first-order chi connectivity index (χ1) is 7.12. The number of sulfone groups is 1. The zero-order chi connectivity index (χ0) is 12.6. The van der Waals surface area contributed by atoms with E-state index < -0.39 is 9.84 Å². The van der Waals surface area contributed by atoms with Crippen LogP contribution in [0.4, 0.5) is 0 Å². The lowest BCUT2D eigenvalue weighted by atomic mass is 9.83. The van der Waals surface area contributed by atoms with Crippen LogP contribution in [-0.2, 0) is 9.84 Å². The zero-order valence-corrected chi connectivity index (χ0v) is 12.2. The maximum atomic E-state index is 11.3. The van der Waals surface area contributed by atoms with E-state index in [0.29, 0.717) is 4.90 Å². The summed E-state index contributed by atoms with van der Waals surface area (Å²) in [5.74, 6) is 0. The van der Waals surface area contributed by atoms with Crippen molar-refractivity contribution in [3.63, 3.8) is 0 Å². The molecule has 0 aliphatic carbocycles. The van der Waals surface area contributed by atoms with Gasteiger partial charge in [-0.2, -0.15) is 0 Å². The number of hydrogen-bond acceptors (Lipinski definition) is 3. The molecule has 2 N–H and O–H groups in total. The Morgan fingerprint density at radius 2 is 1.53 bits per heavy atom. The fourth-order valence-corrected chi connectivity index (χ4v) is 2.05. The van der Waals surface area contributed by atoms with Crippen LogP contribution < -0.4 is 5.73 Å². The van der Waals surface area contributed by atoms with Crippen LogP contribution in [0.25, 0.3) is 0 Å². The third kappa shape index (κ3) is 4.30. The summed E-state index contributed by atoms with van der Waals surface area (Å²) < 4.78 is 22.6. The van der Waals surface area contributed by atoms with E-state index in [1.807, 2.05) is 0 Å². The van der Waals surface area contributed by atoms with E-state index in [-0.39, 0.29) is 23.9 Å². The SMILES string of the molecule is CC(C)(C)[C@@H](N)c1ccc(S(C)(=O)=O)cc1.Cl. The topological polar surface area (TPSA) is 60.2 Å². The number of rotatable bonds is 2. The Hall–Kier alpha value is -0.580. The van der Waals surface area contributed by atoms with Gasteiger partial charge in [0.25, 0.3) is 0 Å². The summed E-state index contributed by atoms with van der Waals surface area (Å²) in [6.07, 6.45) is 1.20. The lowest BCUT2D eigenvalue weighted by Gasteiger charge is -2.27. The molecule has 98 valence electrons. The van der Waals surface area contributed by atoms with Crippen molar-refractivity contribution >= 4 is 22.2 Å². The average Bonchev–Trinajstić information content (AvgIpc) is 2.14. The molecular formula is C12H20ClNO2S. The summed E-state index contributed by atoms with van der Waals surface area (Å²) in [5, 5.41) is 0. The zero-order valence-electron chi connectivity index (χ0n) is 10.6. The second kappa shape index (κ2) is 5.38. The molecule has 0 aliphatic heterocycles. The fraction of sp³-hybridized carbons (Fsp3) is 0.500. The molecule has 0 bridgehead atoms. The molecule has 0 radical (unpaired) electrons. The van der Waals surface area contributed by atoms with Gasteiger partial charge in [0.1, 0.15) is 0 Å². The Labute approximate surface area is 110 Å². The smallest absolute Gasteiger partial charge is 0.175 e. The maximum Gasteiger partial charge on any atom is 0.175 e. The van der Waals surface area contributed by atoms with Gasteiger partial charge in [-0.15, -0.1) is 12.4 Å². The van der Waals surface area contributed by atoms with Crippen LogP contribution >= 0.6 is 12.4 Å². The molecular weight excluding hydrogens is 258 g/mol. The number of benzene rings is 1. The van der Waals surface area contributed by atoms with E-state index in [9.17, 15) is 8.42 Å². The van der Waals surface area contributed by atoms with Gasteiger partial charge >= 0.3 is 0 Å². The molecule has 1 aromatic carbocycles. The predicted molar refractivity (Wildman–Crippen MR) is 73.2 cm³/mol. The molecule has 0 fully saturated rings. The van der Waals surface area contributed by atoms with Crippen LogP contribution in [0.2, 0.25) is 0 Å². The van der Waals surface area contributed by atoms with Crippen LogP contribution in [0.1, 0.15) is 32.4 Å². The van der Waals surface area contributed by atoms with Crippen molar-refractivity contribution in [1.29, 1.82) is 0 Å². The second-order valence-corrected chi connectivity index (χ2v) is 7.20. The molecule has 0 unspecified atom stereocenters. The third-order valence-electron chi connectivity index (χ3n) is 2.60. The molecule has 3 nitrogen and oxygen atoms in total. The Balaban J connectivity index is 0.00000256. The van der Waals surface area contributed by atoms with E-state index in [1.54, 1.807) is 24.3 Å². The van der Waals surface area contributed by atoms with Crippen LogP contribution in [0.3, 0.4) is 0 Å². The van der Waals surface area contributed by atoms with E-state index in [0.717, 1.165) is 5.56 Å². The quantitative estimate of drug-likeness (QED) is 0.904. The Morgan fingerprint density at radius 1 is 1.12 bits per heavy atom. The van der Waals surface area contributed by atoms with Gasteiger partial charge in [-0.25, -0.2) is 8.42 Å². The number of halogens is 1. The molecule has 1 aromatic rings. The molecule has 5 heteroatoms. The van der Waals surface area contributed by atoms with Crippen molar-refractivity contribution in [2.75, 3.05) is 6.26 Å². The first-order valence-electron chi connectivity index (χ1n) is 5.18. The summed E-state index contributed by atoms with van der Waals surface area (Å²) in [6, 6.07) is 6.69. The highest BCUT2D eigenvalue weighted by Gasteiger charge is 2.22. The van der Waals surface area contributed by atoms with Crippen LogP contribution in [0.15, 0.2) is 29.2 Å². The van der Waals surface area contributed by atoms with E-state index in [2.05, 4.69) is 20.8 Å². The minimum absolute atomic E-state index is 0. The summed E-state index contributed by atoms with van der Waals surface area (Å²) in [6.45, 7) is 6.17. The molecule has 0 saturated heterocycles. The lowest BCUT2D eigenvalue weighted by molar-refractivity contribution is 0.327. The van der Waals surface area contributed by atoms with Crippen molar-refractivity contribution in [1.82, 2.24) is 0 Å². The molecule has 0 aromatic heterocycles. The average molecular weight is 278 g/mol. The van der Waals surface area contributed by atoms with E-state index in [1.165, 1.54) is 6.26 Å².